The van der Waals surface area contributed by atoms with Gasteiger partial charge < -0.3 is 9.84 Å². The van der Waals surface area contributed by atoms with Gasteiger partial charge in [-0.1, -0.05) is 12.5 Å². The zero-order valence-corrected chi connectivity index (χ0v) is 18.0. The molecule has 0 spiro atoms. The van der Waals surface area contributed by atoms with Crippen molar-refractivity contribution in [3.8, 4) is 0 Å². The lowest BCUT2D eigenvalue weighted by atomic mass is 9.41. The van der Waals surface area contributed by atoms with E-state index in [1.54, 1.807) is 6.92 Å². The third-order valence-corrected chi connectivity index (χ3v) is 9.21. The van der Waals surface area contributed by atoms with Crippen molar-refractivity contribution < 1.29 is 24.2 Å². The molecule has 3 fully saturated rings. The summed E-state index contributed by atoms with van der Waals surface area (Å²) < 4.78 is 5.87. The molecule has 29 heavy (non-hydrogen) atoms. The Morgan fingerprint density at radius 2 is 1.86 bits per heavy atom. The highest BCUT2D eigenvalue weighted by Gasteiger charge is 2.66. The molecule has 0 unspecified atom stereocenters. The van der Waals surface area contributed by atoms with Crippen LogP contribution in [0.1, 0.15) is 78.6 Å². The number of aliphatic hydroxyl groups is 1. The van der Waals surface area contributed by atoms with Crippen LogP contribution in [0.2, 0.25) is 0 Å². The van der Waals surface area contributed by atoms with E-state index < -0.39 is 5.60 Å². The summed E-state index contributed by atoms with van der Waals surface area (Å²) in [6.07, 6.45) is 9.13. The first-order chi connectivity index (χ1) is 13.7. The van der Waals surface area contributed by atoms with Gasteiger partial charge in [-0.3, -0.25) is 14.4 Å². The van der Waals surface area contributed by atoms with Gasteiger partial charge in [0, 0.05) is 24.2 Å². The first-order valence-corrected chi connectivity index (χ1v) is 11.3. The number of aliphatic hydroxyl groups excluding tert-OH is 1. The molecule has 0 aromatic heterocycles. The Balaban J connectivity index is 1.74. The molecular weight excluding hydrogens is 368 g/mol. The number of carbonyl (C=O) groups is 3. The van der Waals surface area contributed by atoms with Crippen LogP contribution in [0.25, 0.3) is 0 Å². The Hall–Kier alpha value is -1.49. The topological polar surface area (TPSA) is 80.7 Å². The molecule has 5 nitrogen and oxygen atoms in total. The number of rotatable bonds is 3. The van der Waals surface area contributed by atoms with Crippen LogP contribution in [-0.2, 0) is 19.1 Å². The van der Waals surface area contributed by atoms with Gasteiger partial charge in [0.25, 0.3) is 0 Å². The standard InChI is InChI=1S/C24H34O5/c1-15(26)24(29-16(2)27)10-4-5-20-19-7-6-17-13-18(28)8-12-23(17,14-25)21(19)9-11-22(20,24)3/h13,19-21,25H,4-12,14H2,1-3H3/t19-,20-,21-,22-,23+,24-/m0/s1. The van der Waals surface area contributed by atoms with Crippen molar-refractivity contribution in [2.45, 2.75) is 84.2 Å². The molecule has 0 bridgehead atoms. The molecule has 6 atom stereocenters. The molecular formula is C24H34O5. The highest BCUT2D eigenvalue weighted by atomic mass is 16.6. The van der Waals surface area contributed by atoms with Crippen molar-refractivity contribution in [1.29, 1.82) is 0 Å². The average molecular weight is 403 g/mol. The van der Waals surface area contributed by atoms with Crippen molar-refractivity contribution in [2.75, 3.05) is 6.61 Å². The SMILES string of the molecule is CC(=O)O[C@]1(C(C)=O)CCC[C@H]2[C@@H]3CCC4=CC(=O)CC[C@]4(CO)[C@H]3CC[C@@]21C. The van der Waals surface area contributed by atoms with Crippen molar-refractivity contribution in [3.05, 3.63) is 11.6 Å². The first-order valence-electron chi connectivity index (χ1n) is 11.3. The predicted octanol–water partition coefficient (Wildman–Crippen LogP) is 3.77. The lowest BCUT2D eigenvalue weighted by Gasteiger charge is -2.64. The van der Waals surface area contributed by atoms with E-state index in [9.17, 15) is 19.5 Å². The number of Topliss-reactive ketones (excluding diaryl/α,β-unsaturated/α-hetero) is 1. The minimum absolute atomic E-state index is 0.0325. The van der Waals surface area contributed by atoms with Crippen molar-refractivity contribution in [2.24, 2.45) is 28.6 Å². The van der Waals surface area contributed by atoms with Crippen molar-refractivity contribution in [3.63, 3.8) is 0 Å². The van der Waals surface area contributed by atoms with Gasteiger partial charge in [-0.05, 0) is 82.1 Å². The van der Waals surface area contributed by atoms with Gasteiger partial charge in [-0.2, -0.15) is 0 Å². The second-order valence-corrected chi connectivity index (χ2v) is 10.2. The van der Waals surface area contributed by atoms with E-state index in [-0.39, 0.29) is 35.0 Å². The number of ketones is 2. The summed E-state index contributed by atoms with van der Waals surface area (Å²) in [6.45, 7) is 5.24. The Bertz CT molecular complexity index is 769. The second kappa shape index (κ2) is 7.04. The van der Waals surface area contributed by atoms with Crippen LogP contribution >= 0.6 is 0 Å². The summed E-state index contributed by atoms with van der Waals surface area (Å²) in [5.41, 5.74) is -0.533. The molecule has 0 saturated heterocycles. The van der Waals surface area contributed by atoms with Crippen LogP contribution in [0.5, 0.6) is 0 Å². The fourth-order valence-corrected chi connectivity index (χ4v) is 7.93. The summed E-state index contributed by atoms with van der Waals surface area (Å²) in [7, 11) is 0. The summed E-state index contributed by atoms with van der Waals surface area (Å²) in [5.74, 6) is 0.789. The molecule has 0 radical (unpaired) electrons. The molecule has 0 aliphatic heterocycles. The molecule has 4 aliphatic rings. The Kier molecular flexibility index (Phi) is 5.04. The summed E-state index contributed by atoms with van der Waals surface area (Å²) >= 11 is 0. The minimum atomic E-state index is -1.03. The van der Waals surface area contributed by atoms with Crippen LogP contribution in [0, 0.1) is 28.6 Å². The van der Waals surface area contributed by atoms with Crippen LogP contribution in [0.15, 0.2) is 11.6 Å². The zero-order chi connectivity index (χ0) is 21.0. The molecule has 0 aromatic rings. The van der Waals surface area contributed by atoms with E-state index >= 15 is 0 Å². The van der Waals surface area contributed by atoms with Crippen molar-refractivity contribution in [1.82, 2.24) is 0 Å². The van der Waals surface area contributed by atoms with E-state index in [0.29, 0.717) is 30.6 Å². The van der Waals surface area contributed by atoms with Gasteiger partial charge >= 0.3 is 5.97 Å². The molecule has 0 aromatic carbocycles. The normalized spacial score (nSPS) is 44.1. The van der Waals surface area contributed by atoms with E-state index in [1.807, 2.05) is 6.08 Å². The van der Waals surface area contributed by atoms with E-state index in [4.69, 9.17) is 4.74 Å². The molecule has 160 valence electrons. The second-order valence-electron chi connectivity index (χ2n) is 10.2. The smallest absolute Gasteiger partial charge is 0.303 e. The fraction of sp³-hybridized carbons (Fsp3) is 0.792. The van der Waals surface area contributed by atoms with E-state index in [0.717, 1.165) is 50.5 Å². The van der Waals surface area contributed by atoms with Gasteiger partial charge in [0.2, 0.25) is 0 Å². The van der Waals surface area contributed by atoms with E-state index in [1.165, 1.54) is 6.92 Å². The fourth-order valence-electron chi connectivity index (χ4n) is 7.93. The molecule has 0 amide bonds. The summed E-state index contributed by atoms with van der Waals surface area (Å²) in [5, 5.41) is 10.5. The van der Waals surface area contributed by atoms with Crippen molar-refractivity contribution >= 4 is 17.5 Å². The maximum Gasteiger partial charge on any atom is 0.303 e. The minimum Gasteiger partial charge on any atom is -0.451 e. The molecule has 0 heterocycles. The maximum absolute atomic E-state index is 12.9. The summed E-state index contributed by atoms with van der Waals surface area (Å²) in [6, 6.07) is 0. The molecule has 4 rings (SSSR count). The molecule has 4 aliphatic carbocycles. The molecule has 3 saturated carbocycles. The highest BCUT2D eigenvalue weighted by Crippen LogP contribution is 2.67. The monoisotopic (exact) mass is 402 g/mol. The third kappa shape index (κ3) is 2.79. The summed E-state index contributed by atoms with van der Waals surface area (Å²) in [4.78, 5) is 36.9. The largest absolute Gasteiger partial charge is 0.451 e. The first kappa shape index (κ1) is 20.8. The van der Waals surface area contributed by atoms with Gasteiger partial charge in [-0.25, -0.2) is 0 Å². The lowest BCUT2D eigenvalue weighted by molar-refractivity contribution is -0.215. The predicted molar refractivity (Wildman–Crippen MR) is 108 cm³/mol. The van der Waals surface area contributed by atoms with Crippen LogP contribution in [0.3, 0.4) is 0 Å². The number of hydrogen-bond donors (Lipinski definition) is 1. The number of ether oxygens (including phenoxy) is 1. The van der Waals surface area contributed by atoms with Crippen LogP contribution < -0.4 is 0 Å². The number of hydrogen-bond acceptors (Lipinski definition) is 5. The van der Waals surface area contributed by atoms with Gasteiger partial charge in [-0.15, -0.1) is 0 Å². The lowest BCUT2D eigenvalue weighted by Crippen LogP contribution is -2.65. The zero-order valence-electron chi connectivity index (χ0n) is 18.0. The third-order valence-electron chi connectivity index (χ3n) is 9.21. The van der Waals surface area contributed by atoms with Gasteiger partial charge in [0.15, 0.2) is 17.2 Å². The molecule has 1 N–H and O–H groups in total. The molecule has 5 heteroatoms. The number of carbonyl (C=O) groups excluding carboxylic acids is 3. The Morgan fingerprint density at radius 1 is 1.10 bits per heavy atom. The van der Waals surface area contributed by atoms with Crippen LogP contribution in [-0.4, -0.2) is 34.9 Å². The van der Waals surface area contributed by atoms with Gasteiger partial charge in [0.05, 0.1) is 6.61 Å². The average Bonchev–Trinajstić information content (AvgIpc) is 2.67. The number of esters is 1. The van der Waals surface area contributed by atoms with Gasteiger partial charge in [0.1, 0.15) is 0 Å². The Morgan fingerprint density at radius 3 is 2.52 bits per heavy atom. The maximum atomic E-state index is 12.9. The quantitative estimate of drug-likeness (QED) is 0.727. The number of allylic oxidation sites excluding steroid dienone is 1. The van der Waals surface area contributed by atoms with Crippen LogP contribution in [0.4, 0.5) is 0 Å². The van der Waals surface area contributed by atoms with E-state index in [2.05, 4.69) is 6.92 Å². The Labute approximate surface area is 173 Å². The highest BCUT2D eigenvalue weighted by molar-refractivity contribution is 5.91. The number of fused-ring (bicyclic) bond motifs is 5.